The molecule has 0 aromatic rings. The number of esters is 1. The van der Waals surface area contributed by atoms with Gasteiger partial charge in [0.2, 0.25) is 0 Å². The zero-order valence-corrected chi connectivity index (χ0v) is 16.8. The third-order valence-electron chi connectivity index (χ3n) is 7.46. The number of carbonyl (C=O) groups is 1. The van der Waals surface area contributed by atoms with Gasteiger partial charge in [-0.25, -0.2) is 8.42 Å². The Balaban J connectivity index is 1.87. The van der Waals surface area contributed by atoms with E-state index in [0.717, 1.165) is 12.8 Å². The third-order valence-corrected chi connectivity index (χ3v) is 9.49. The van der Waals surface area contributed by atoms with Gasteiger partial charge in [-0.3, -0.25) is 4.79 Å². The number of sulfone groups is 1. The van der Waals surface area contributed by atoms with E-state index in [0.29, 0.717) is 30.1 Å². The molecule has 5 atom stereocenters. The van der Waals surface area contributed by atoms with E-state index in [1.807, 2.05) is 0 Å². The summed E-state index contributed by atoms with van der Waals surface area (Å²) in [6.07, 6.45) is 3.49. The molecule has 148 valence electrons. The van der Waals surface area contributed by atoms with Crippen molar-refractivity contribution in [1.82, 2.24) is 0 Å². The molecule has 2 bridgehead atoms. The first-order chi connectivity index (χ1) is 12.1. The fourth-order valence-corrected chi connectivity index (χ4v) is 7.89. The maximum Gasteiger partial charge on any atom is 0.311 e. The Morgan fingerprint density at radius 3 is 2.50 bits per heavy atom. The van der Waals surface area contributed by atoms with Crippen molar-refractivity contribution in [2.24, 2.45) is 22.7 Å². The number of ether oxygens (including phenoxy) is 2. The molecule has 0 aliphatic heterocycles. The van der Waals surface area contributed by atoms with Gasteiger partial charge in [0, 0.05) is 17.4 Å². The molecule has 2 saturated carbocycles. The van der Waals surface area contributed by atoms with E-state index in [2.05, 4.69) is 13.8 Å². The molecule has 0 aromatic heterocycles. The van der Waals surface area contributed by atoms with Crippen LogP contribution in [0.5, 0.6) is 0 Å². The normalized spacial score (nSPS) is 38.9. The average Bonchev–Trinajstić information content (AvgIpc) is 2.94. The second-order valence-electron chi connectivity index (χ2n) is 8.63. The van der Waals surface area contributed by atoms with Crippen molar-refractivity contribution in [3.8, 4) is 0 Å². The predicted molar refractivity (Wildman–Crippen MR) is 97.0 cm³/mol. The molecule has 0 heterocycles. The maximum atomic E-state index is 13.2. The number of aliphatic hydroxyl groups is 1. The van der Waals surface area contributed by atoms with Gasteiger partial charge in [0.1, 0.15) is 0 Å². The Morgan fingerprint density at radius 1 is 1.31 bits per heavy atom. The molecule has 3 rings (SSSR count). The first kappa shape index (κ1) is 19.8. The minimum absolute atomic E-state index is 0.0319. The second kappa shape index (κ2) is 6.60. The number of hydrogen-bond acceptors (Lipinski definition) is 6. The fraction of sp³-hybridized carbons (Fsp3) is 0.842. The van der Waals surface area contributed by atoms with Crippen molar-refractivity contribution in [3.05, 3.63) is 11.0 Å². The predicted octanol–water partition coefficient (Wildman–Crippen LogP) is 2.07. The molecule has 0 aromatic carbocycles. The van der Waals surface area contributed by atoms with Crippen LogP contribution in [0, 0.1) is 22.7 Å². The van der Waals surface area contributed by atoms with Crippen LogP contribution in [-0.4, -0.2) is 51.7 Å². The number of rotatable bonds is 5. The lowest BCUT2D eigenvalue weighted by Gasteiger charge is -2.40. The number of carbonyl (C=O) groups excluding carboxylic acids is 1. The van der Waals surface area contributed by atoms with Crippen LogP contribution in [0.1, 0.15) is 46.0 Å². The highest BCUT2D eigenvalue weighted by Gasteiger charge is 2.65. The molecule has 26 heavy (non-hydrogen) atoms. The molecule has 0 saturated heterocycles. The molecule has 3 aliphatic carbocycles. The molecule has 0 radical (unpaired) electrons. The van der Waals surface area contributed by atoms with Crippen molar-refractivity contribution in [2.45, 2.75) is 58.2 Å². The minimum Gasteiger partial charge on any atom is -0.469 e. The van der Waals surface area contributed by atoms with E-state index in [1.165, 1.54) is 14.2 Å². The third kappa shape index (κ3) is 2.83. The van der Waals surface area contributed by atoms with E-state index in [9.17, 15) is 18.3 Å². The summed E-state index contributed by atoms with van der Waals surface area (Å²) in [4.78, 5) is 12.2. The number of fused-ring (bicyclic) bond motifs is 2. The van der Waals surface area contributed by atoms with Crippen LogP contribution in [0.25, 0.3) is 0 Å². The number of allylic oxidation sites excluding steroid dienone is 1. The fourth-order valence-electron chi connectivity index (χ4n) is 5.55. The Hall–Kier alpha value is -0.920. The van der Waals surface area contributed by atoms with Gasteiger partial charge < -0.3 is 14.6 Å². The second-order valence-corrected chi connectivity index (χ2v) is 10.7. The summed E-state index contributed by atoms with van der Waals surface area (Å²) in [5.41, 5.74) is -0.775. The van der Waals surface area contributed by atoms with E-state index < -0.39 is 33.4 Å². The van der Waals surface area contributed by atoms with Crippen LogP contribution in [0.4, 0.5) is 0 Å². The van der Waals surface area contributed by atoms with Gasteiger partial charge in [0.25, 0.3) is 0 Å². The lowest BCUT2D eigenvalue weighted by molar-refractivity contribution is -0.149. The van der Waals surface area contributed by atoms with Crippen LogP contribution in [-0.2, 0) is 24.1 Å². The van der Waals surface area contributed by atoms with E-state index in [4.69, 9.17) is 9.47 Å². The molecule has 0 spiro atoms. The molecule has 0 amide bonds. The summed E-state index contributed by atoms with van der Waals surface area (Å²) in [6, 6.07) is 0. The smallest absolute Gasteiger partial charge is 0.311 e. The molecular formula is C19H30O6S. The maximum absolute atomic E-state index is 13.2. The summed E-state index contributed by atoms with van der Waals surface area (Å²) in [5, 5.41) is 10.6. The number of hydrogen-bond donors (Lipinski definition) is 1. The Bertz CT molecular complexity index is 710. The summed E-state index contributed by atoms with van der Waals surface area (Å²) in [6.45, 7) is 4.19. The molecule has 2 fully saturated rings. The summed E-state index contributed by atoms with van der Waals surface area (Å²) in [5.74, 6) is -0.514. The van der Waals surface area contributed by atoms with Gasteiger partial charge in [0.05, 0.1) is 31.0 Å². The highest BCUT2D eigenvalue weighted by molar-refractivity contribution is 7.95. The van der Waals surface area contributed by atoms with Gasteiger partial charge >= 0.3 is 5.97 Å². The van der Waals surface area contributed by atoms with Crippen molar-refractivity contribution in [2.75, 3.05) is 20.0 Å². The average molecular weight is 387 g/mol. The van der Waals surface area contributed by atoms with Crippen LogP contribution in [0.2, 0.25) is 0 Å². The topological polar surface area (TPSA) is 89.9 Å². The number of aliphatic hydroxyl groups excluding tert-OH is 1. The van der Waals surface area contributed by atoms with Crippen molar-refractivity contribution >= 4 is 15.8 Å². The Labute approximate surface area is 155 Å². The van der Waals surface area contributed by atoms with Crippen molar-refractivity contribution in [1.29, 1.82) is 0 Å². The lowest BCUT2D eigenvalue weighted by atomic mass is 9.70. The quantitative estimate of drug-likeness (QED) is 0.728. The van der Waals surface area contributed by atoms with Crippen LogP contribution in [0.3, 0.4) is 0 Å². The zero-order chi connectivity index (χ0) is 19.3. The molecule has 1 N–H and O–H groups in total. The zero-order valence-electron chi connectivity index (χ0n) is 16.0. The molecule has 7 heteroatoms. The summed E-state index contributed by atoms with van der Waals surface area (Å²) in [7, 11) is -0.752. The van der Waals surface area contributed by atoms with Gasteiger partial charge in [-0.15, -0.1) is 0 Å². The summed E-state index contributed by atoms with van der Waals surface area (Å²) >= 11 is 0. The summed E-state index contributed by atoms with van der Waals surface area (Å²) < 4.78 is 36.6. The monoisotopic (exact) mass is 386 g/mol. The van der Waals surface area contributed by atoms with Crippen molar-refractivity contribution < 1.29 is 27.8 Å². The molecule has 3 aliphatic rings. The van der Waals surface area contributed by atoms with Crippen LogP contribution in [0.15, 0.2) is 11.0 Å². The first-order valence-electron chi connectivity index (χ1n) is 9.31. The standard InChI is InChI=1S/C19H30O6S/c1-18(2)12-7-8-19(18,16(20)9-12)11-26(22,23)13-5-6-14(17(21)25-4)15(10-13)24-3/h10,12,14-16,20H,5-9,11H2,1-4H3/t12-,14+,15+,16-,19-/m1/s1. The van der Waals surface area contributed by atoms with Crippen LogP contribution >= 0.6 is 0 Å². The van der Waals surface area contributed by atoms with Crippen molar-refractivity contribution in [3.63, 3.8) is 0 Å². The van der Waals surface area contributed by atoms with Gasteiger partial charge in [-0.2, -0.15) is 0 Å². The van der Waals surface area contributed by atoms with Crippen LogP contribution < -0.4 is 0 Å². The van der Waals surface area contributed by atoms with E-state index in [1.54, 1.807) is 6.08 Å². The Morgan fingerprint density at radius 2 is 2.00 bits per heavy atom. The Kier molecular flexibility index (Phi) is 5.04. The van der Waals surface area contributed by atoms with Gasteiger partial charge in [0.15, 0.2) is 9.84 Å². The van der Waals surface area contributed by atoms with Gasteiger partial charge in [-0.05, 0) is 49.5 Å². The highest BCUT2D eigenvalue weighted by atomic mass is 32.2. The highest BCUT2D eigenvalue weighted by Crippen LogP contribution is 2.66. The molecule has 6 nitrogen and oxygen atoms in total. The largest absolute Gasteiger partial charge is 0.469 e. The van der Waals surface area contributed by atoms with E-state index >= 15 is 0 Å². The molecule has 0 unspecified atom stereocenters. The van der Waals surface area contributed by atoms with E-state index in [-0.39, 0.29) is 17.1 Å². The first-order valence-corrected chi connectivity index (χ1v) is 11.0. The van der Waals surface area contributed by atoms with Gasteiger partial charge in [-0.1, -0.05) is 13.8 Å². The molecular weight excluding hydrogens is 356 g/mol. The SMILES string of the molecule is COC(=O)[C@H]1CCC(S(=O)(=O)C[C@]23CC[C@H](C[C@H]2O)C3(C)C)=C[C@@H]1OC. The lowest BCUT2D eigenvalue weighted by Crippen LogP contribution is -2.45. The minimum atomic E-state index is -3.54. The number of methoxy groups -OCH3 is 2.